The first kappa shape index (κ1) is 16.0. The maximum Gasteiger partial charge on any atom is 0.229 e. The number of nitrogens with one attached hydrogen (secondary N) is 2. The number of carbonyl (C=O) groups excluding carboxylic acids is 1. The highest BCUT2D eigenvalue weighted by molar-refractivity contribution is 5.97. The van der Waals surface area contributed by atoms with Gasteiger partial charge in [0, 0.05) is 38.9 Å². The van der Waals surface area contributed by atoms with Crippen LogP contribution in [-0.4, -0.2) is 41.3 Å². The average Bonchev–Trinajstić information content (AvgIpc) is 3.17. The molecule has 1 aliphatic rings. The van der Waals surface area contributed by atoms with Gasteiger partial charge in [0.25, 0.3) is 0 Å². The van der Waals surface area contributed by atoms with Gasteiger partial charge in [0.1, 0.15) is 0 Å². The number of anilines is 1. The molecule has 2 aromatic rings. The van der Waals surface area contributed by atoms with Crippen molar-refractivity contribution in [1.29, 1.82) is 0 Å². The minimum atomic E-state index is 0.0374. The lowest BCUT2D eigenvalue weighted by Gasteiger charge is -2.19. The number of nitrogens with zero attached hydrogens (tertiary/aromatic N) is 4. The fourth-order valence-corrected chi connectivity index (χ4v) is 2.80. The summed E-state index contributed by atoms with van der Waals surface area (Å²) in [5.74, 6) is 0.810. The van der Waals surface area contributed by atoms with Gasteiger partial charge in [-0.3, -0.25) is 14.5 Å². The van der Waals surface area contributed by atoms with Crippen LogP contribution in [0.25, 0.3) is 0 Å². The fourth-order valence-electron chi connectivity index (χ4n) is 2.80. The number of aromatic nitrogens is 2. The lowest BCUT2D eigenvalue weighted by atomic mass is 10.2. The van der Waals surface area contributed by atoms with E-state index < -0.39 is 0 Å². The molecule has 1 aliphatic heterocycles. The van der Waals surface area contributed by atoms with Crippen molar-refractivity contribution in [1.82, 2.24) is 20.4 Å². The quantitative estimate of drug-likeness (QED) is 0.646. The van der Waals surface area contributed by atoms with Crippen LogP contribution in [0, 0.1) is 0 Å². The van der Waals surface area contributed by atoms with Gasteiger partial charge < -0.3 is 15.5 Å². The Hall–Kier alpha value is -2.83. The number of carbonyl (C=O) groups is 1. The first-order valence-corrected chi connectivity index (χ1v) is 7.97. The molecule has 126 valence electrons. The Bertz CT molecular complexity index is 724. The van der Waals surface area contributed by atoms with Crippen molar-refractivity contribution in [2.75, 3.05) is 18.5 Å². The molecule has 2 heterocycles. The van der Waals surface area contributed by atoms with E-state index in [0.717, 1.165) is 11.4 Å². The van der Waals surface area contributed by atoms with Crippen molar-refractivity contribution >= 4 is 17.6 Å². The smallest absolute Gasteiger partial charge is 0.229 e. The Labute approximate surface area is 141 Å². The van der Waals surface area contributed by atoms with E-state index in [1.165, 1.54) is 0 Å². The summed E-state index contributed by atoms with van der Waals surface area (Å²) in [7, 11) is 3.63. The van der Waals surface area contributed by atoms with Crippen LogP contribution in [-0.2, 0) is 18.4 Å². The molecule has 1 aromatic heterocycles. The monoisotopic (exact) mass is 326 g/mol. The minimum absolute atomic E-state index is 0.0374. The number of amides is 1. The van der Waals surface area contributed by atoms with Crippen LogP contribution in [0.4, 0.5) is 5.69 Å². The van der Waals surface area contributed by atoms with Gasteiger partial charge in [0.2, 0.25) is 5.91 Å². The van der Waals surface area contributed by atoms with Gasteiger partial charge in [-0.25, -0.2) is 0 Å². The molecular weight excluding hydrogens is 304 g/mol. The van der Waals surface area contributed by atoms with Crippen LogP contribution in [0.3, 0.4) is 0 Å². The molecule has 1 aromatic carbocycles. The molecule has 1 amide bonds. The summed E-state index contributed by atoms with van der Waals surface area (Å²) in [6, 6.07) is 11.7. The molecule has 0 radical (unpaired) electrons. The van der Waals surface area contributed by atoms with Crippen molar-refractivity contribution in [2.45, 2.75) is 19.0 Å². The van der Waals surface area contributed by atoms with Gasteiger partial charge in [0.15, 0.2) is 5.96 Å². The number of benzene rings is 1. The Balaban J connectivity index is 1.57. The summed E-state index contributed by atoms with van der Waals surface area (Å²) < 4.78 is 1.82. The van der Waals surface area contributed by atoms with Crippen LogP contribution < -0.4 is 15.5 Å². The molecule has 0 saturated carbocycles. The maximum absolute atomic E-state index is 12.3. The Kier molecular flexibility index (Phi) is 4.79. The molecule has 24 heavy (non-hydrogen) atoms. The second-order valence-electron chi connectivity index (χ2n) is 5.76. The number of guanidine groups is 1. The number of rotatable bonds is 4. The van der Waals surface area contributed by atoms with Gasteiger partial charge in [0.05, 0.1) is 18.3 Å². The summed E-state index contributed by atoms with van der Waals surface area (Å²) in [6.07, 6.45) is 2.22. The second kappa shape index (κ2) is 7.16. The molecule has 7 heteroatoms. The number of aliphatic imine (C=N–C) groups is 1. The third-order valence-electron chi connectivity index (χ3n) is 4.12. The van der Waals surface area contributed by atoms with E-state index in [-0.39, 0.29) is 11.9 Å². The first-order valence-electron chi connectivity index (χ1n) is 7.97. The van der Waals surface area contributed by atoms with Gasteiger partial charge in [-0.1, -0.05) is 18.2 Å². The second-order valence-corrected chi connectivity index (χ2v) is 5.76. The Morgan fingerprint density at radius 3 is 2.79 bits per heavy atom. The Morgan fingerprint density at radius 2 is 2.12 bits per heavy atom. The molecule has 1 unspecified atom stereocenters. The van der Waals surface area contributed by atoms with Crippen LogP contribution in [0.5, 0.6) is 0 Å². The topological polar surface area (TPSA) is 74.5 Å². The third kappa shape index (κ3) is 3.56. The molecule has 7 nitrogen and oxygen atoms in total. The van der Waals surface area contributed by atoms with Crippen LogP contribution in [0.2, 0.25) is 0 Å². The first-order chi connectivity index (χ1) is 11.7. The molecule has 0 bridgehead atoms. The number of hydrogen-bond donors (Lipinski definition) is 2. The molecule has 0 aliphatic carbocycles. The molecule has 1 saturated heterocycles. The van der Waals surface area contributed by atoms with Crippen molar-refractivity contribution < 1.29 is 4.79 Å². The molecule has 0 spiro atoms. The van der Waals surface area contributed by atoms with Gasteiger partial charge >= 0.3 is 0 Å². The number of aryl methyl sites for hydroxylation is 1. The highest BCUT2D eigenvalue weighted by Gasteiger charge is 2.30. The highest BCUT2D eigenvalue weighted by atomic mass is 16.2. The van der Waals surface area contributed by atoms with E-state index in [9.17, 15) is 4.79 Å². The molecule has 3 rings (SSSR count). The molecule has 2 N–H and O–H groups in total. The SMILES string of the molecule is CN=C(NCc1ccnn1C)NC1CC(=O)N(c2ccccc2)C1. The Morgan fingerprint density at radius 1 is 1.33 bits per heavy atom. The van der Waals surface area contributed by atoms with Crippen molar-refractivity contribution in [3.05, 3.63) is 48.3 Å². The molecule has 1 fully saturated rings. The van der Waals surface area contributed by atoms with E-state index in [0.29, 0.717) is 25.5 Å². The number of hydrogen-bond acceptors (Lipinski definition) is 3. The predicted octanol–water partition coefficient (Wildman–Crippen LogP) is 0.891. The average molecular weight is 326 g/mol. The van der Waals surface area contributed by atoms with E-state index in [2.05, 4.69) is 20.7 Å². The fraction of sp³-hybridized carbons (Fsp3) is 0.353. The third-order valence-corrected chi connectivity index (χ3v) is 4.12. The molecule has 1 atom stereocenters. The van der Waals surface area contributed by atoms with Gasteiger partial charge in [-0.05, 0) is 18.2 Å². The van der Waals surface area contributed by atoms with Gasteiger partial charge in [-0.15, -0.1) is 0 Å². The number of para-hydroxylation sites is 1. The van der Waals surface area contributed by atoms with Crippen LogP contribution in [0.15, 0.2) is 47.6 Å². The summed E-state index contributed by atoms with van der Waals surface area (Å²) in [5, 5.41) is 10.7. The zero-order valence-corrected chi connectivity index (χ0v) is 13.9. The van der Waals surface area contributed by atoms with E-state index >= 15 is 0 Å². The highest BCUT2D eigenvalue weighted by Crippen LogP contribution is 2.20. The zero-order valence-electron chi connectivity index (χ0n) is 13.9. The maximum atomic E-state index is 12.3. The van der Waals surface area contributed by atoms with Crippen LogP contribution >= 0.6 is 0 Å². The zero-order chi connectivity index (χ0) is 16.9. The van der Waals surface area contributed by atoms with Crippen molar-refractivity contribution in [2.24, 2.45) is 12.0 Å². The minimum Gasteiger partial charge on any atom is -0.351 e. The normalized spacial score (nSPS) is 18.1. The lowest BCUT2D eigenvalue weighted by Crippen LogP contribution is -2.44. The van der Waals surface area contributed by atoms with E-state index in [1.54, 1.807) is 13.2 Å². The van der Waals surface area contributed by atoms with E-state index in [4.69, 9.17) is 0 Å². The molecular formula is C17H22N6O. The van der Waals surface area contributed by atoms with Crippen LogP contribution in [0.1, 0.15) is 12.1 Å². The van der Waals surface area contributed by atoms with Gasteiger partial charge in [-0.2, -0.15) is 5.10 Å². The standard InChI is InChI=1S/C17H22N6O/c1-18-17(19-11-15-8-9-20-22(15)2)21-13-10-16(24)23(12-13)14-6-4-3-5-7-14/h3-9,13H,10-12H2,1-2H3,(H2,18,19,21). The predicted molar refractivity (Wildman–Crippen MR) is 93.7 cm³/mol. The summed E-state index contributed by atoms with van der Waals surface area (Å²) in [5.41, 5.74) is 2.00. The summed E-state index contributed by atoms with van der Waals surface area (Å²) in [6.45, 7) is 1.26. The van der Waals surface area contributed by atoms with Crippen molar-refractivity contribution in [3.63, 3.8) is 0 Å². The lowest BCUT2D eigenvalue weighted by molar-refractivity contribution is -0.117. The summed E-state index contributed by atoms with van der Waals surface area (Å²) in [4.78, 5) is 18.3. The van der Waals surface area contributed by atoms with Crippen molar-refractivity contribution in [3.8, 4) is 0 Å². The largest absolute Gasteiger partial charge is 0.351 e. The van der Waals surface area contributed by atoms with E-state index in [1.807, 2.05) is 53.0 Å². The summed E-state index contributed by atoms with van der Waals surface area (Å²) >= 11 is 0.